The third-order valence-corrected chi connectivity index (χ3v) is 5.42. The lowest BCUT2D eigenvalue weighted by Crippen LogP contribution is -2.38. The second kappa shape index (κ2) is 11.1. The number of aromatic nitrogens is 4. The van der Waals surface area contributed by atoms with Gasteiger partial charge in [-0.2, -0.15) is 0 Å². The summed E-state index contributed by atoms with van der Waals surface area (Å²) in [6.07, 6.45) is 2.64. The summed E-state index contributed by atoms with van der Waals surface area (Å²) in [5, 5.41) is 15.8. The van der Waals surface area contributed by atoms with Crippen LogP contribution >= 0.6 is 35.3 Å². The predicted molar refractivity (Wildman–Crippen MR) is 125 cm³/mol. The maximum atomic E-state index is 4.70. The van der Waals surface area contributed by atoms with Gasteiger partial charge >= 0.3 is 0 Å². The average molecular weight is 511 g/mol. The van der Waals surface area contributed by atoms with Crippen molar-refractivity contribution in [2.24, 2.45) is 4.99 Å². The van der Waals surface area contributed by atoms with E-state index in [1.54, 1.807) is 24.7 Å². The zero-order valence-corrected chi connectivity index (χ0v) is 19.5. The van der Waals surface area contributed by atoms with Gasteiger partial charge in [0.15, 0.2) is 5.96 Å². The Kier molecular flexibility index (Phi) is 8.84. The van der Waals surface area contributed by atoms with E-state index in [9.17, 15) is 0 Å². The van der Waals surface area contributed by atoms with Crippen molar-refractivity contribution in [2.45, 2.75) is 33.4 Å². The van der Waals surface area contributed by atoms with Crippen LogP contribution in [0.4, 0.5) is 0 Å². The van der Waals surface area contributed by atoms with Gasteiger partial charge in [-0.25, -0.2) is 4.98 Å². The van der Waals surface area contributed by atoms with E-state index in [2.05, 4.69) is 56.4 Å². The van der Waals surface area contributed by atoms with E-state index in [1.165, 1.54) is 4.88 Å². The van der Waals surface area contributed by atoms with Crippen molar-refractivity contribution >= 4 is 41.3 Å². The third-order valence-electron chi connectivity index (χ3n) is 4.21. The Hall–Kier alpha value is -2.01. The fraction of sp³-hybridized carbons (Fsp3) is 0.368. The highest BCUT2D eigenvalue weighted by Crippen LogP contribution is 2.27. The predicted octanol–water partition coefficient (Wildman–Crippen LogP) is 3.26. The SMILES string of the molecule is CCc1nncn1CCNC(=NC)NCc1sc(-c2ccccc2)nc1C.I. The minimum atomic E-state index is 0. The number of benzene rings is 1. The number of hydrogen-bond donors (Lipinski definition) is 2. The number of aryl methyl sites for hydroxylation is 2. The highest BCUT2D eigenvalue weighted by atomic mass is 127. The van der Waals surface area contributed by atoms with E-state index in [0.717, 1.165) is 47.6 Å². The van der Waals surface area contributed by atoms with Crippen molar-refractivity contribution in [2.75, 3.05) is 13.6 Å². The van der Waals surface area contributed by atoms with Gasteiger partial charge in [-0.05, 0) is 6.92 Å². The summed E-state index contributed by atoms with van der Waals surface area (Å²) in [5.74, 6) is 1.77. The molecule has 28 heavy (non-hydrogen) atoms. The Morgan fingerprint density at radius 2 is 2.00 bits per heavy atom. The molecule has 1 aromatic carbocycles. The van der Waals surface area contributed by atoms with Gasteiger partial charge in [0.25, 0.3) is 0 Å². The van der Waals surface area contributed by atoms with Crippen molar-refractivity contribution in [3.63, 3.8) is 0 Å². The van der Waals surface area contributed by atoms with Crippen LogP contribution in [0, 0.1) is 6.92 Å². The minimum Gasteiger partial charge on any atom is -0.355 e. The number of rotatable bonds is 7. The maximum Gasteiger partial charge on any atom is 0.191 e. The maximum absolute atomic E-state index is 4.70. The Balaban J connectivity index is 0.00000280. The Labute approximate surface area is 186 Å². The molecule has 3 rings (SSSR count). The molecule has 150 valence electrons. The zero-order chi connectivity index (χ0) is 19.1. The monoisotopic (exact) mass is 511 g/mol. The lowest BCUT2D eigenvalue weighted by molar-refractivity contribution is 0.632. The number of thiazole rings is 1. The van der Waals surface area contributed by atoms with E-state index >= 15 is 0 Å². The highest BCUT2D eigenvalue weighted by Gasteiger charge is 2.10. The van der Waals surface area contributed by atoms with Gasteiger partial charge in [0.1, 0.15) is 17.2 Å². The molecule has 0 aliphatic carbocycles. The van der Waals surface area contributed by atoms with Crippen LogP contribution in [-0.4, -0.2) is 39.3 Å². The standard InChI is InChI=1S/C19H25N7S.HI/c1-4-17-25-23-13-26(17)11-10-21-19(20-3)22-12-16-14(2)24-18(27-16)15-8-6-5-7-9-15;/h5-9,13H,4,10-12H2,1-3H3,(H2,20,21,22);1H. The first kappa shape index (κ1) is 22.3. The molecule has 0 saturated carbocycles. The van der Waals surface area contributed by atoms with Crippen LogP contribution in [0.2, 0.25) is 0 Å². The first-order valence-electron chi connectivity index (χ1n) is 9.04. The number of guanidine groups is 1. The molecule has 0 unspecified atom stereocenters. The summed E-state index contributed by atoms with van der Waals surface area (Å²) in [7, 11) is 1.78. The molecule has 7 nitrogen and oxygen atoms in total. The van der Waals surface area contributed by atoms with Crippen LogP contribution in [0.3, 0.4) is 0 Å². The van der Waals surface area contributed by atoms with Crippen molar-refractivity contribution < 1.29 is 0 Å². The number of nitrogens with zero attached hydrogens (tertiary/aromatic N) is 5. The average Bonchev–Trinajstić information content (AvgIpc) is 3.31. The topological polar surface area (TPSA) is 80.0 Å². The molecule has 2 aromatic heterocycles. The smallest absolute Gasteiger partial charge is 0.191 e. The number of hydrogen-bond acceptors (Lipinski definition) is 5. The van der Waals surface area contributed by atoms with Gasteiger partial charge < -0.3 is 15.2 Å². The first-order chi connectivity index (χ1) is 13.2. The molecular formula is C19H26IN7S. The van der Waals surface area contributed by atoms with Gasteiger partial charge in [0.2, 0.25) is 0 Å². The fourth-order valence-corrected chi connectivity index (χ4v) is 3.72. The van der Waals surface area contributed by atoms with Gasteiger partial charge in [0.05, 0.1) is 12.2 Å². The van der Waals surface area contributed by atoms with E-state index < -0.39 is 0 Å². The van der Waals surface area contributed by atoms with Gasteiger partial charge in [-0.1, -0.05) is 37.3 Å². The van der Waals surface area contributed by atoms with Gasteiger partial charge in [-0.3, -0.25) is 4.99 Å². The molecule has 0 aliphatic heterocycles. The van der Waals surface area contributed by atoms with Crippen LogP contribution in [-0.2, 0) is 19.5 Å². The normalized spacial score (nSPS) is 11.2. The summed E-state index contributed by atoms with van der Waals surface area (Å²) < 4.78 is 2.06. The van der Waals surface area contributed by atoms with Crippen LogP contribution in [0.15, 0.2) is 41.7 Å². The first-order valence-corrected chi connectivity index (χ1v) is 9.85. The number of nitrogens with one attached hydrogen (secondary N) is 2. The van der Waals surface area contributed by atoms with Crippen LogP contribution < -0.4 is 10.6 Å². The highest BCUT2D eigenvalue weighted by molar-refractivity contribution is 14.0. The summed E-state index contributed by atoms with van der Waals surface area (Å²) in [4.78, 5) is 10.2. The molecule has 0 saturated heterocycles. The molecule has 3 aromatic rings. The second-order valence-electron chi connectivity index (χ2n) is 6.04. The number of halogens is 1. The Bertz CT molecular complexity index is 889. The van der Waals surface area contributed by atoms with Crippen molar-refractivity contribution in [1.82, 2.24) is 30.4 Å². The van der Waals surface area contributed by atoms with Crippen LogP contribution in [0.5, 0.6) is 0 Å². The molecule has 0 atom stereocenters. The molecule has 0 aliphatic rings. The molecule has 0 radical (unpaired) electrons. The van der Waals surface area contributed by atoms with Gasteiger partial charge in [-0.15, -0.1) is 45.5 Å². The van der Waals surface area contributed by atoms with Crippen molar-refractivity contribution in [1.29, 1.82) is 0 Å². The largest absolute Gasteiger partial charge is 0.355 e. The van der Waals surface area contributed by atoms with E-state index in [0.29, 0.717) is 6.54 Å². The summed E-state index contributed by atoms with van der Waals surface area (Å²) >= 11 is 1.71. The zero-order valence-electron chi connectivity index (χ0n) is 16.3. The Morgan fingerprint density at radius 3 is 2.71 bits per heavy atom. The molecule has 0 amide bonds. The molecule has 2 heterocycles. The van der Waals surface area contributed by atoms with Crippen molar-refractivity contribution in [3.05, 3.63) is 53.1 Å². The molecule has 0 bridgehead atoms. The number of aliphatic imine (C=N–C) groups is 1. The lowest BCUT2D eigenvalue weighted by Gasteiger charge is -2.12. The van der Waals surface area contributed by atoms with Crippen LogP contribution in [0.25, 0.3) is 10.6 Å². The third kappa shape index (κ3) is 5.74. The van der Waals surface area contributed by atoms with E-state index in [-0.39, 0.29) is 24.0 Å². The molecule has 0 spiro atoms. The lowest BCUT2D eigenvalue weighted by atomic mass is 10.2. The summed E-state index contributed by atoms with van der Waals surface area (Å²) in [6.45, 7) is 6.38. The van der Waals surface area contributed by atoms with Gasteiger partial charge in [0, 0.05) is 37.0 Å². The van der Waals surface area contributed by atoms with E-state index in [1.807, 2.05) is 18.2 Å². The summed E-state index contributed by atoms with van der Waals surface area (Å²) in [5.41, 5.74) is 2.21. The van der Waals surface area contributed by atoms with Crippen molar-refractivity contribution in [3.8, 4) is 10.6 Å². The summed E-state index contributed by atoms with van der Waals surface area (Å²) in [6, 6.07) is 10.3. The Morgan fingerprint density at radius 1 is 1.21 bits per heavy atom. The van der Waals surface area contributed by atoms with E-state index in [4.69, 9.17) is 4.98 Å². The quantitative estimate of drug-likeness (QED) is 0.289. The molecule has 9 heteroatoms. The second-order valence-corrected chi connectivity index (χ2v) is 7.12. The fourth-order valence-electron chi connectivity index (χ4n) is 2.72. The van der Waals surface area contributed by atoms with Crippen LogP contribution in [0.1, 0.15) is 23.3 Å². The molecular weight excluding hydrogens is 485 g/mol. The molecule has 2 N–H and O–H groups in total. The minimum absolute atomic E-state index is 0. The molecule has 0 fully saturated rings.